The Bertz CT molecular complexity index is 929. The molecule has 1 aromatic carbocycles. The first-order valence-corrected chi connectivity index (χ1v) is 7.83. The zero-order valence-electron chi connectivity index (χ0n) is 12.7. The van der Waals surface area contributed by atoms with Gasteiger partial charge >= 0.3 is 12.2 Å². The third kappa shape index (κ3) is 4.11. The summed E-state index contributed by atoms with van der Waals surface area (Å²) in [6.45, 7) is 0. The third-order valence-electron chi connectivity index (χ3n) is 3.11. The fourth-order valence-electron chi connectivity index (χ4n) is 1.93. The minimum absolute atomic E-state index is 0.0988. The fraction of sp³-hybridized carbons (Fsp3) is 0.0667. The molecule has 26 heavy (non-hydrogen) atoms. The second-order valence-corrected chi connectivity index (χ2v) is 5.90. The topological polar surface area (TPSA) is 79.8 Å². The minimum atomic E-state index is -4.65. The molecule has 2 aromatic heterocycles. The maximum Gasteiger partial charge on any atom is 0.416 e. The molecule has 0 aliphatic heterocycles. The molecule has 0 atom stereocenters. The van der Waals surface area contributed by atoms with Crippen LogP contribution < -0.4 is 10.6 Å². The van der Waals surface area contributed by atoms with Gasteiger partial charge in [-0.3, -0.25) is 10.3 Å². The van der Waals surface area contributed by atoms with Gasteiger partial charge in [0.05, 0.1) is 11.3 Å². The van der Waals surface area contributed by atoms with Crippen LogP contribution in [0.1, 0.15) is 5.56 Å². The van der Waals surface area contributed by atoms with Crippen molar-refractivity contribution in [3.8, 4) is 10.6 Å². The lowest BCUT2D eigenvalue weighted by atomic mass is 10.2. The molecule has 6 nitrogen and oxygen atoms in total. The number of rotatable bonds is 3. The van der Waals surface area contributed by atoms with Gasteiger partial charge in [0.15, 0.2) is 0 Å². The van der Waals surface area contributed by atoms with Gasteiger partial charge in [-0.1, -0.05) is 11.3 Å². The van der Waals surface area contributed by atoms with Crippen molar-refractivity contribution >= 4 is 28.2 Å². The van der Waals surface area contributed by atoms with Crippen LogP contribution in [-0.4, -0.2) is 21.2 Å². The fourth-order valence-corrected chi connectivity index (χ4v) is 2.68. The van der Waals surface area contributed by atoms with E-state index in [0.717, 1.165) is 16.9 Å². The van der Waals surface area contributed by atoms with Crippen LogP contribution in [0.15, 0.2) is 42.7 Å². The summed E-state index contributed by atoms with van der Waals surface area (Å²) in [5.41, 5.74) is -0.948. The van der Waals surface area contributed by atoms with E-state index in [4.69, 9.17) is 0 Å². The zero-order valence-corrected chi connectivity index (χ0v) is 13.5. The summed E-state index contributed by atoms with van der Waals surface area (Å²) in [6.07, 6.45) is -1.53. The smallest absolute Gasteiger partial charge is 0.305 e. The number of anilines is 2. The van der Waals surface area contributed by atoms with Gasteiger partial charge in [0, 0.05) is 18.0 Å². The summed E-state index contributed by atoms with van der Waals surface area (Å²) >= 11 is 1.04. The van der Waals surface area contributed by atoms with Crippen LogP contribution in [0.4, 0.5) is 33.2 Å². The molecular weight excluding hydrogens is 374 g/mol. The number of hydrogen-bond acceptors (Lipinski definition) is 5. The summed E-state index contributed by atoms with van der Waals surface area (Å²) in [5.74, 6) is -0.997. The second-order valence-electron chi connectivity index (χ2n) is 4.92. The maximum absolute atomic E-state index is 13.6. The number of amides is 2. The van der Waals surface area contributed by atoms with Gasteiger partial charge in [-0.25, -0.2) is 9.18 Å². The van der Waals surface area contributed by atoms with Gasteiger partial charge in [-0.05, 0) is 30.3 Å². The first-order chi connectivity index (χ1) is 12.3. The maximum atomic E-state index is 13.6. The van der Waals surface area contributed by atoms with Crippen molar-refractivity contribution in [3.63, 3.8) is 0 Å². The van der Waals surface area contributed by atoms with Crippen molar-refractivity contribution < 1.29 is 22.4 Å². The molecule has 0 radical (unpaired) electrons. The first-order valence-electron chi connectivity index (χ1n) is 7.01. The lowest BCUT2D eigenvalue weighted by molar-refractivity contribution is -0.137. The molecule has 0 fully saturated rings. The molecule has 0 unspecified atom stereocenters. The van der Waals surface area contributed by atoms with Gasteiger partial charge in [0.1, 0.15) is 10.8 Å². The van der Waals surface area contributed by atoms with Crippen molar-refractivity contribution in [1.29, 1.82) is 0 Å². The van der Waals surface area contributed by atoms with Gasteiger partial charge in [-0.15, -0.1) is 10.2 Å². The van der Waals surface area contributed by atoms with Gasteiger partial charge in [0.2, 0.25) is 5.13 Å². The Kier molecular flexibility index (Phi) is 4.80. The molecule has 0 saturated carbocycles. The minimum Gasteiger partial charge on any atom is -0.305 e. The zero-order chi connectivity index (χ0) is 18.7. The van der Waals surface area contributed by atoms with Crippen LogP contribution >= 0.6 is 11.3 Å². The molecule has 0 spiro atoms. The monoisotopic (exact) mass is 383 g/mol. The number of aromatic nitrogens is 3. The van der Waals surface area contributed by atoms with E-state index in [-0.39, 0.29) is 5.13 Å². The first kappa shape index (κ1) is 17.7. The second kappa shape index (κ2) is 7.04. The lowest BCUT2D eigenvalue weighted by Crippen LogP contribution is -2.20. The van der Waals surface area contributed by atoms with Crippen molar-refractivity contribution in [2.45, 2.75) is 6.18 Å². The van der Waals surface area contributed by atoms with E-state index in [9.17, 15) is 22.4 Å². The molecule has 2 amide bonds. The highest BCUT2D eigenvalue weighted by Gasteiger charge is 2.31. The van der Waals surface area contributed by atoms with Crippen LogP contribution in [0, 0.1) is 5.82 Å². The van der Waals surface area contributed by atoms with Crippen LogP contribution in [0.2, 0.25) is 0 Å². The van der Waals surface area contributed by atoms with Crippen molar-refractivity contribution in [3.05, 3.63) is 54.1 Å². The Morgan fingerprint density at radius 2 is 1.77 bits per heavy atom. The molecule has 3 aromatic rings. The summed E-state index contributed by atoms with van der Waals surface area (Å²) in [5, 5.41) is 12.6. The Morgan fingerprint density at radius 3 is 2.46 bits per heavy atom. The van der Waals surface area contributed by atoms with Gasteiger partial charge < -0.3 is 5.32 Å². The number of benzene rings is 1. The van der Waals surface area contributed by atoms with Gasteiger partial charge in [0.25, 0.3) is 0 Å². The van der Waals surface area contributed by atoms with Crippen LogP contribution in [0.5, 0.6) is 0 Å². The average Bonchev–Trinajstić information content (AvgIpc) is 3.05. The highest BCUT2D eigenvalue weighted by atomic mass is 32.1. The summed E-state index contributed by atoms with van der Waals surface area (Å²) < 4.78 is 51.7. The molecule has 0 saturated heterocycles. The predicted octanol–water partition coefficient (Wildman–Crippen LogP) is 4.40. The van der Waals surface area contributed by atoms with Crippen LogP contribution in [0.3, 0.4) is 0 Å². The molecule has 3 rings (SSSR count). The molecule has 134 valence electrons. The van der Waals surface area contributed by atoms with E-state index in [0.29, 0.717) is 23.2 Å². The van der Waals surface area contributed by atoms with E-state index in [1.165, 1.54) is 0 Å². The third-order valence-corrected chi connectivity index (χ3v) is 4.00. The average molecular weight is 383 g/mol. The molecule has 0 aliphatic rings. The van der Waals surface area contributed by atoms with E-state index in [2.05, 4.69) is 20.5 Å². The normalized spacial score (nSPS) is 11.2. The molecular formula is C15H9F4N5OS. The highest BCUT2D eigenvalue weighted by Crippen LogP contribution is 2.32. The number of alkyl halides is 3. The number of carbonyl (C=O) groups excluding carboxylic acids is 1. The SMILES string of the molecule is O=C(Nc1nnc(-c2ccncc2)s1)Nc1cc(C(F)(F)F)ccc1F. The number of halogens is 4. The van der Waals surface area contributed by atoms with Crippen LogP contribution in [0.25, 0.3) is 10.6 Å². The highest BCUT2D eigenvalue weighted by molar-refractivity contribution is 7.18. The standard InChI is InChI=1S/C15H9F4N5OS/c16-10-2-1-9(15(17,18)19)7-11(10)21-13(25)22-14-24-23-12(26-14)8-3-5-20-6-4-8/h1-7H,(H2,21,22,24,25). The summed E-state index contributed by atoms with van der Waals surface area (Å²) in [4.78, 5) is 15.8. The predicted molar refractivity (Wildman–Crippen MR) is 87.2 cm³/mol. The Labute approximate surface area is 147 Å². The van der Waals surface area contributed by atoms with E-state index >= 15 is 0 Å². The van der Waals surface area contributed by atoms with E-state index in [1.54, 1.807) is 24.5 Å². The summed E-state index contributed by atoms with van der Waals surface area (Å²) in [6, 6.07) is 4.18. The van der Waals surface area contributed by atoms with Crippen molar-refractivity contribution in [2.24, 2.45) is 0 Å². The van der Waals surface area contributed by atoms with Crippen molar-refractivity contribution in [2.75, 3.05) is 10.6 Å². The number of hydrogen-bond donors (Lipinski definition) is 2. The Balaban J connectivity index is 1.71. The molecule has 11 heteroatoms. The Morgan fingerprint density at radius 1 is 1.04 bits per heavy atom. The number of nitrogens with zero attached hydrogens (tertiary/aromatic N) is 3. The summed E-state index contributed by atoms with van der Waals surface area (Å²) in [7, 11) is 0. The van der Waals surface area contributed by atoms with Crippen molar-refractivity contribution in [1.82, 2.24) is 15.2 Å². The molecule has 2 N–H and O–H groups in total. The number of nitrogens with one attached hydrogen (secondary N) is 2. The van der Waals surface area contributed by atoms with Gasteiger partial charge in [-0.2, -0.15) is 13.2 Å². The number of pyridine rings is 1. The molecule has 0 bridgehead atoms. The number of carbonyl (C=O) groups is 1. The number of urea groups is 1. The van der Waals surface area contributed by atoms with E-state index in [1.807, 2.05) is 5.32 Å². The Hall–Kier alpha value is -3.08. The largest absolute Gasteiger partial charge is 0.416 e. The lowest BCUT2D eigenvalue weighted by Gasteiger charge is -2.10. The quantitative estimate of drug-likeness (QED) is 0.657. The van der Waals surface area contributed by atoms with Crippen LogP contribution in [-0.2, 0) is 6.18 Å². The molecule has 0 aliphatic carbocycles. The molecule has 2 heterocycles. The van der Waals surface area contributed by atoms with E-state index < -0.39 is 29.3 Å².